The summed E-state index contributed by atoms with van der Waals surface area (Å²) >= 11 is 1.72. The highest BCUT2D eigenvalue weighted by Crippen LogP contribution is 2.17. The summed E-state index contributed by atoms with van der Waals surface area (Å²) in [5.41, 5.74) is 2.75. The Balaban J connectivity index is 1.44. The number of nitrogens with one attached hydrogen (secondary N) is 1. The second kappa shape index (κ2) is 7.84. The zero-order valence-corrected chi connectivity index (χ0v) is 14.2. The maximum Gasteiger partial charge on any atom is 0.244 e. The van der Waals surface area contributed by atoms with E-state index in [1.54, 1.807) is 17.8 Å². The highest BCUT2D eigenvalue weighted by atomic mass is 32.2. The Morgan fingerprint density at radius 3 is 2.79 bits per heavy atom. The van der Waals surface area contributed by atoms with Crippen molar-refractivity contribution in [3.05, 3.63) is 66.1 Å². The second-order valence-corrected chi connectivity index (χ2v) is 6.47. The molecular formula is C19H18N2O2S. The molecule has 5 heteroatoms. The van der Waals surface area contributed by atoms with Crippen molar-refractivity contribution in [3.8, 4) is 0 Å². The number of para-hydroxylation sites is 2. The number of oxazole rings is 1. The predicted molar refractivity (Wildman–Crippen MR) is 98.0 cm³/mol. The minimum atomic E-state index is -0.151. The fourth-order valence-electron chi connectivity index (χ4n) is 2.14. The molecule has 3 aromatic rings. The van der Waals surface area contributed by atoms with Crippen molar-refractivity contribution < 1.29 is 9.21 Å². The van der Waals surface area contributed by atoms with Crippen molar-refractivity contribution >= 4 is 34.8 Å². The van der Waals surface area contributed by atoms with Crippen LogP contribution in [0.25, 0.3) is 17.2 Å². The summed E-state index contributed by atoms with van der Waals surface area (Å²) in [5, 5.41) is 2.85. The van der Waals surface area contributed by atoms with Gasteiger partial charge in [-0.3, -0.25) is 4.79 Å². The molecule has 122 valence electrons. The highest BCUT2D eigenvalue weighted by molar-refractivity contribution is 7.99. The summed E-state index contributed by atoms with van der Waals surface area (Å²) in [6.45, 7) is 2.67. The molecule has 0 radical (unpaired) electrons. The number of hydrogen-bond acceptors (Lipinski definition) is 4. The zero-order valence-electron chi connectivity index (χ0n) is 13.4. The molecule has 0 spiro atoms. The van der Waals surface area contributed by atoms with Gasteiger partial charge in [0.2, 0.25) is 11.8 Å². The van der Waals surface area contributed by atoms with Gasteiger partial charge in [-0.1, -0.05) is 29.8 Å². The lowest BCUT2D eigenvalue weighted by molar-refractivity contribution is -0.116. The molecule has 0 bridgehead atoms. The second-order valence-electron chi connectivity index (χ2n) is 5.31. The maximum absolute atomic E-state index is 11.8. The van der Waals surface area contributed by atoms with Crippen LogP contribution in [0.15, 0.2) is 63.9 Å². The van der Waals surface area contributed by atoms with E-state index in [0.29, 0.717) is 18.0 Å². The van der Waals surface area contributed by atoms with E-state index in [1.165, 1.54) is 16.5 Å². The first-order chi connectivity index (χ1) is 11.7. The molecule has 1 amide bonds. The topological polar surface area (TPSA) is 55.1 Å². The van der Waals surface area contributed by atoms with E-state index in [0.717, 1.165) is 11.3 Å². The Morgan fingerprint density at radius 2 is 2.00 bits per heavy atom. The molecule has 3 rings (SSSR count). The van der Waals surface area contributed by atoms with E-state index in [-0.39, 0.29) is 5.91 Å². The summed E-state index contributed by atoms with van der Waals surface area (Å²) < 4.78 is 5.53. The quantitative estimate of drug-likeness (QED) is 0.418. The summed E-state index contributed by atoms with van der Waals surface area (Å²) in [7, 11) is 0. The largest absolute Gasteiger partial charge is 0.437 e. The van der Waals surface area contributed by atoms with Gasteiger partial charge in [-0.15, -0.1) is 11.8 Å². The monoisotopic (exact) mass is 338 g/mol. The lowest BCUT2D eigenvalue weighted by Crippen LogP contribution is -2.23. The Kier molecular flexibility index (Phi) is 5.33. The third kappa shape index (κ3) is 4.49. The SMILES string of the molecule is Cc1ccc(SCCNC(=O)/C=C/c2nc3ccccc3o2)cc1. The number of rotatable bonds is 6. The maximum atomic E-state index is 11.8. The van der Waals surface area contributed by atoms with Crippen LogP contribution < -0.4 is 5.32 Å². The fraction of sp³-hybridized carbons (Fsp3) is 0.158. The molecule has 1 heterocycles. The van der Waals surface area contributed by atoms with Crippen LogP contribution in [0, 0.1) is 6.92 Å². The molecule has 24 heavy (non-hydrogen) atoms. The number of aromatic nitrogens is 1. The molecule has 0 aliphatic rings. The number of nitrogens with zero attached hydrogens (tertiary/aromatic N) is 1. The van der Waals surface area contributed by atoms with Crippen LogP contribution in [0.3, 0.4) is 0 Å². The molecule has 4 nitrogen and oxygen atoms in total. The van der Waals surface area contributed by atoms with Crippen molar-refractivity contribution in [1.82, 2.24) is 10.3 Å². The molecule has 2 aromatic carbocycles. The fourth-order valence-corrected chi connectivity index (χ4v) is 2.91. The van der Waals surface area contributed by atoms with Gasteiger partial charge in [0.05, 0.1) is 0 Å². The number of aryl methyl sites for hydroxylation is 1. The molecule has 0 fully saturated rings. The minimum absolute atomic E-state index is 0.151. The third-order valence-corrected chi connectivity index (χ3v) is 4.39. The first-order valence-corrected chi connectivity index (χ1v) is 8.70. The van der Waals surface area contributed by atoms with Gasteiger partial charge < -0.3 is 9.73 Å². The van der Waals surface area contributed by atoms with Crippen molar-refractivity contribution in [2.24, 2.45) is 0 Å². The van der Waals surface area contributed by atoms with E-state index in [4.69, 9.17) is 4.42 Å². The van der Waals surface area contributed by atoms with E-state index in [9.17, 15) is 4.79 Å². The van der Waals surface area contributed by atoms with Gasteiger partial charge in [-0.25, -0.2) is 4.98 Å². The molecule has 0 unspecified atom stereocenters. The van der Waals surface area contributed by atoms with Crippen molar-refractivity contribution in [3.63, 3.8) is 0 Å². The number of benzene rings is 2. The summed E-state index contributed by atoms with van der Waals surface area (Å²) in [6.07, 6.45) is 3.03. The average Bonchev–Trinajstić information content (AvgIpc) is 3.01. The van der Waals surface area contributed by atoms with Crippen molar-refractivity contribution in [2.45, 2.75) is 11.8 Å². The number of fused-ring (bicyclic) bond motifs is 1. The van der Waals surface area contributed by atoms with Crippen LogP contribution in [0.4, 0.5) is 0 Å². The minimum Gasteiger partial charge on any atom is -0.437 e. The van der Waals surface area contributed by atoms with E-state index in [1.807, 2.05) is 24.3 Å². The number of carbonyl (C=O) groups excluding carboxylic acids is 1. The first-order valence-electron chi connectivity index (χ1n) is 7.72. The van der Waals surface area contributed by atoms with E-state index in [2.05, 4.69) is 41.5 Å². The van der Waals surface area contributed by atoms with Crippen LogP contribution >= 0.6 is 11.8 Å². The number of carbonyl (C=O) groups is 1. The van der Waals surface area contributed by atoms with Crippen LogP contribution in [-0.4, -0.2) is 23.2 Å². The third-order valence-electron chi connectivity index (χ3n) is 3.38. The van der Waals surface area contributed by atoms with Crippen molar-refractivity contribution in [1.29, 1.82) is 0 Å². The van der Waals surface area contributed by atoms with Gasteiger partial charge in [0.15, 0.2) is 5.58 Å². The molecular weight excluding hydrogens is 320 g/mol. The van der Waals surface area contributed by atoms with Crippen LogP contribution in [0.2, 0.25) is 0 Å². The van der Waals surface area contributed by atoms with Gasteiger partial charge in [-0.05, 0) is 31.2 Å². The number of hydrogen-bond donors (Lipinski definition) is 1. The van der Waals surface area contributed by atoms with Crippen LogP contribution in [0.1, 0.15) is 11.5 Å². The van der Waals surface area contributed by atoms with E-state index < -0.39 is 0 Å². The molecule has 0 aliphatic heterocycles. The first kappa shape index (κ1) is 16.3. The Bertz CT molecular complexity index is 820. The zero-order chi connectivity index (χ0) is 16.8. The van der Waals surface area contributed by atoms with Crippen LogP contribution in [0.5, 0.6) is 0 Å². The van der Waals surface area contributed by atoms with Crippen molar-refractivity contribution in [2.75, 3.05) is 12.3 Å². The number of thioether (sulfide) groups is 1. The smallest absolute Gasteiger partial charge is 0.244 e. The Hall–Kier alpha value is -2.53. The molecule has 0 aliphatic carbocycles. The summed E-state index contributed by atoms with van der Waals surface area (Å²) in [5.74, 6) is 1.10. The van der Waals surface area contributed by atoms with Gasteiger partial charge in [0, 0.05) is 29.3 Å². The van der Waals surface area contributed by atoms with Gasteiger partial charge in [0.1, 0.15) is 5.52 Å². The van der Waals surface area contributed by atoms with Gasteiger partial charge in [0.25, 0.3) is 0 Å². The Labute approximate surface area is 145 Å². The molecule has 0 saturated heterocycles. The van der Waals surface area contributed by atoms with Crippen LogP contribution in [-0.2, 0) is 4.79 Å². The lowest BCUT2D eigenvalue weighted by Gasteiger charge is -2.03. The molecule has 1 N–H and O–H groups in total. The highest BCUT2D eigenvalue weighted by Gasteiger charge is 2.02. The van der Waals surface area contributed by atoms with Gasteiger partial charge in [-0.2, -0.15) is 0 Å². The average molecular weight is 338 g/mol. The Morgan fingerprint density at radius 1 is 1.21 bits per heavy atom. The number of amides is 1. The summed E-state index contributed by atoms with van der Waals surface area (Å²) in [4.78, 5) is 17.3. The molecule has 0 saturated carbocycles. The summed E-state index contributed by atoms with van der Waals surface area (Å²) in [6, 6.07) is 15.9. The predicted octanol–water partition coefficient (Wildman–Crippen LogP) is 4.06. The normalized spacial score (nSPS) is 11.2. The van der Waals surface area contributed by atoms with Gasteiger partial charge >= 0.3 is 0 Å². The lowest BCUT2D eigenvalue weighted by atomic mass is 10.2. The molecule has 0 atom stereocenters. The standard InChI is InChI=1S/C19H18N2O2S/c1-14-6-8-15(9-7-14)24-13-12-20-18(22)10-11-19-21-16-4-2-3-5-17(16)23-19/h2-11H,12-13H2,1H3,(H,20,22)/b11-10+. The molecule has 1 aromatic heterocycles. The van der Waals surface area contributed by atoms with E-state index >= 15 is 0 Å².